The van der Waals surface area contributed by atoms with Crippen molar-refractivity contribution in [2.45, 2.75) is 6.54 Å². The van der Waals surface area contributed by atoms with E-state index in [2.05, 4.69) is 28.9 Å². The third kappa shape index (κ3) is 2.47. The summed E-state index contributed by atoms with van der Waals surface area (Å²) < 4.78 is 20.3. The highest BCUT2D eigenvalue weighted by Crippen LogP contribution is 2.25. The second kappa shape index (κ2) is 5.51. The number of methoxy groups -OCH3 is 1. The Morgan fingerprint density at radius 1 is 1.20 bits per heavy atom. The van der Waals surface area contributed by atoms with E-state index in [1.54, 1.807) is 29.5 Å². The fraction of sp³-hybridized carbons (Fsp3) is 0.125. The van der Waals surface area contributed by atoms with Crippen LogP contribution in [0.5, 0.6) is 5.75 Å². The molecule has 0 aliphatic heterocycles. The first kappa shape index (κ1) is 12.9. The number of hydrogen-bond donors (Lipinski definition) is 1. The van der Waals surface area contributed by atoms with E-state index in [1.165, 1.54) is 17.2 Å². The molecular weight excluding hydrogens is 273 g/mol. The van der Waals surface area contributed by atoms with Crippen molar-refractivity contribution >= 4 is 27.1 Å². The molecule has 3 aromatic rings. The van der Waals surface area contributed by atoms with E-state index in [1.807, 2.05) is 6.07 Å². The molecule has 0 bridgehead atoms. The predicted octanol–water partition coefficient (Wildman–Crippen LogP) is 4.66. The molecule has 1 aromatic heterocycles. The molecule has 102 valence electrons. The highest BCUT2D eigenvalue weighted by molar-refractivity contribution is 7.17. The van der Waals surface area contributed by atoms with E-state index < -0.39 is 0 Å². The molecule has 3 rings (SSSR count). The van der Waals surface area contributed by atoms with Crippen molar-refractivity contribution in [3.8, 4) is 5.75 Å². The fourth-order valence-corrected chi connectivity index (χ4v) is 2.90. The number of hydrogen-bond acceptors (Lipinski definition) is 3. The Labute approximate surface area is 120 Å². The van der Waals surface area contributed by atoms with Gasteiger partial charge in [0.1, 0.15) is 0 Å². The van der Waals surface area contributed by atoms with Crippen molar-refractivity contribution in [2.75, 3.05) is 12.4 Å². The van der Waals surface area contributed by atoms with Crippen LogP contribution >= 0.6 is 11.3 Å². The lowest BCUT2D eigenvalue weighted by atomic mass is 10.2. The quantitative estimate of drug-likeness (QED) is 0.753. The van der Waals surface area contributed by atoms with Crippen molar-refractivity contribution < 1.29 is 9.13 Å². The topological polar surface area (TPSA) is 21.3 Å². The van der Waals surface area contributed by atoms with Crippen molar-refractivity contribution in [1.29, 1.82) is 0 Å². The molecule has 0 amide bonds. The van der Waals surface area contributed by atoms with Gasteiger partial charge in [-0.3, -0.25) is 0 Å². The Hall–Kier alpha value is -2.07. The Kier molecular flexibility index (Phi) is 3.56. The second-order valence-corrected chi connectivity index (χ2v) is 5.41. The highest BCUT2D eigenvalue weighted by atomic mass is 32.1. The summed E-state index contributed by atoms with van der Waals surface area (Å²) in [6, 6.07) is 13.4. The SMILES string of the molecule is COc1cccc(CNc2ccc3sccc3c2)c1F. The summed E-state index contributed by atoms with van der Waals surface area (Å²) in [5, 5.41) is 6.51. The molecule has 0 radical (unpaired) electrons. The number of benzene rings is 2. The van der Waals surface area contributed by atoms with Gasteiger partial charge in [0.2, 0.25) is 0 Å². The van der Waals surface area contributed by atoms with Crippen LogP contribution in [0, 0.1) is 5.82 Å². The van der Waals surface area contributed by atoms with Crippen molar-refractivity contribution in [2.24, 2.45) is 0 Å². The molecule has 0 fully saturated rings. The average molecular weight is 287 g/mol. The zero-order chi connectivity index (χ0) is 13.9. The summed E-state index contributed by atoms with van der Waals surface area (Å²) in [6.45, 7) is 0.429. The normalized spacial score (nSPS) is 10.7. The molecule has 4 heteroatoms. The van der Waals surface area contributed by atoms with Gasteiger partial charge in [0.25, 0.3) is 0 Å². The van der Waals surface area contributed by atoms with Crippen molar-refractivity contribution in [3.63, 3.8) is 0 Å². The summed E-state index contributed by atoms with van der Waals surface area (Å²) in [5.74, 6) is -0.0308. The van der Waals surface area contributed by atoms with E-state index in [0.717, 1.165) is 5.69 Å². The molecule has 0 atom stereocenters. The van der Waals surface area contributed by atoms with Crippen LogP contribution in [-0.4, -0.2) is 7.11 Å². The maximum absolute atomic E-state index is 14.0. The summed E-state index contributed by atoms with van der Waals surface area (Å²) in [6.07, 6.45) is 0. The maximum Gasteiger partial charge on any atom is 0.170 e. The van der Waals surface area contributed by atoms with Crippen LogP contribution in [0.15, 0.2) is 47.8 Å². The van der Waals surface area contributed by atoms with Crippen LogP contribution in [0.2, 0.25) is 0 Å². The summed E-state index contributed by atoms with van der Waals surface area (Å²) in [5.41, 5.74) is 1.58. The van der Waals surface area contributed by atoms with E-state index in [-0.39, 0.29) is 11.6 Å². The molecule has 0 unspecified atom stereocenters. The van der Waals surface area contributed by atoms with E-state index in [4.69, 9.17) is 4.74 Å². The molecule has 0 saturated carbocycles. The van der Waals surface area contributed by atoms with Crippen molar-refractivity contribution in [3.05, 3.63) is 59.2 Å². The first-order chi connectivity index (χ1) is 9.78. The summed E-state index contributed by atoms with van der Waals surface area (Å²) in [7, 11) is 1.47. The summed E-state index contributed by atoms with van der Waals surface area (Å²) in [4.78, 5) is 0. The van der Waals surface area contributed by atoms with E-state index >= 15 is 0 Å². The second-order valence-electron chi connectivity index (χ2n) is 4.46. The molecule has 0 aliphatic carbocycles. The zero-order valence-corrected chi connectivity index (χ0v) is 11.8. The number of nitrogens with one attached hydrogen (secondary N) is 1. The smallest absolute Gasteiger partial charge is 0.170 e. The standard InChI is InChI=1S/C16H14FNOS/c1-19-14-4-2-3-12(16(14)17)10-18-13-5-6-15-11(9-13)7-8-20-15/h2-9,18H,10H2,1H3. The predicted molar refractivity (Wildman–Crippen MR) is 82.1 cm³/mol. The lowest BCUT2D eigenvalue weighted by Gasteiger charge is -2.10. The zero-order valence-electron chi connectivity index (χ0n) is 11.0. The number of halogens is 1. The van der Waals surface area contributed by atoms with Gasteiger partial charge in [-0.1, -0.05) is 12.1 Å². The molecule has 2 nitrogen and oxygen atoms in total. The Balaban J connectivity index is 1.79. The van der Waals surface area contributed by atoms with E-state index in [9.17, 15) is 4.39 Å². The van der Waals surface area contributed by atoms with Gasteiger partial charge in [0, 0.05) is 22.5 Å². The first-order valence-electron chi connectivity index (χ1n) is 6.30. The number of thiophene rings is 1. The molecule has 0 aliphatic rings. The molecule has 0 spiro atoms. The van der Waals surface area contributed by atoms with E-state index in [0.29, 0.717) is 12.1 Å². The highest BCUT2D eigenvalue weighted by Gasteiger charge is 2.08. The van der Waals surface area contributed by atoms with Gasteiger partial charge in [-0.05, 0) is 41.1 Å². The molecule has 2 aromatic carbocycles. The van der Waals surface area contributed by atoms with Crippen LogP contribution in [-0.2, 0) is 6.54 Å². The van der Waals surface area contributed by atoms with Crippen molar-refractivity contribution in [1.82, 2.24) is 0 Å². The van der Waals surface area contributed by atoms with Gasteiger partial charge in [-0.2, -0.15) is 0 Å². The third-order valence-electron chi connectivity index (χ3n) is 3.20. The lowest BCUT2D eigenvalue weighted by Crippen LogP contribution is -2.02. The number of rotatable bonds is 4. The van der Waals surface area contributed by atoms with Crippen LogP contribution in [0.4, 0.5) is 10.1 Å². The first-order valence-corrected chi connectivity index (χ1v) is 7.18. The monoisotopic (exact) mass is 287 g/mol. The fourth-order valence-electron chi connectivity index (χ4n) is 2.12. The van der Waals surface area contributed by atoms with Gasteiger partial charge < -0.3 is 10.1 Å². The maximum atomic E-state index is 14.0. The van der Waals surface area contributed by atoms with Crippen LogP contribution in [0.25, 0.3) is 10.1 Å². The average Bonchev–Trinajstić information content (AvgIpc) is 2.93. The third-order valence-corrected chi connectivity index (χ3v) is 4.10. The summed E-state index contributed by atoms with van der Waals surface area (Å²) >= 11 is 1.71. The minimum Gasteiger partial charge on any atom is -0.494 e. The molecule has 1 heterocycles. The molecule has 1 N–H and O–H groups in total. The molecule has 20 heavy (non-hydrogen) atoms. The number of ether oxygens (including phenoxy) is 1. The van der Waals surface area contributed by atoms with Crippen LogP contribution in [0.1, 0.15) is 5.56 Å². The van der Waals surface area contributed by atoms with Gasteiger partial charge in [-0.25, -0.2) is 4.39 Å². The van der Waals surface area contributed by atoms with Gasteiger partial charge in [0.05, 0.1) is 7.11 Å². The lowest BCUT2D eigenvalue weighted by molar-refractivity contribution is 0.384. The minimum absolute atomic E-state index is 0.276. The van der Waals surface area contributed by atoms with Gasteiger partial charge >= 0.3 is 0 Å². The largest absolute Gasteiger partial charge is 0.494 e. The Morgan fingerprint density at radius 3 is 2.95 bits per heavy atom. The number of anilines is 1. The Bertz CT molecular complexity index is 738. The number of fused-ring (bicyclic) bond motifs is 1. The molecular formula is C16H14FNOS. The minimum atomic E-state index is -0.306. The van der Waals surface area contributed by atoms with Gasteiger partial charge in [0.15, 0.2) is 11.6 Å². The van der Waals surface area contributed by atoms with Crippen LogP contribution in [0.3, 0.4) is 0 Å². The Morgan fingerprint density at radius 2 is 2.10 bits per heavy atom. The van der Waals surface area contributed by atoms with Crippen LogP contribution < -0.4 is 10.1 Å². The molecule has 0 saturated heterocycles. The van der Waals surface area contributed by atoms with Gasteiger partial charge in [-0.15, -0.1) is 11.3 Å².